The minimum Gasteiger partial charge on any atom is -0.390 e. The molecule has 3 heterocycles. The van der Waals surface area contributed by atoms with E-state index in [1.165, 1.54) is 10.9 Å². The summed E-state index contributed by atoms with van der Waals surface area (Å²) in [5.41, 5.74) is 10.4. The highest BCUT2D eigenvalue weighted by Crippen LogP contribution is 2.46. The number of nitrogens with one attached hydrogen (secondary N) is 2. The first-order valence-electron chi connectivity index (χ1n) is 13.0. The number of aromatic nitrogens is 1. The second-order valence-corrected chi connectivity index (χ2v) is 11.6. The average molecular weight is 510 g/mol. The number of fused-ring (bicyclic) bond motifs is 2. The van der Waals surface area contributed by atoms with Gasteiger partial charge >= 0.3 is 0 Å². The van der Waals surface area contributed by atoms with E-state index in [9.17, 15) is 5.11 Å². The van der Waals surface area contributed by atoms with E-state index in [0.29, 0.717) is 0 Å². The number of anilines is 1. The number of aromatic amines is 1. The monoisotopic (exact) mass is 509 g/mol. The summed E-state index contributed by atoms with van der Waals surface area (Å²) < 4.78 is 0. The summed E-state index contributed by atoms with van der Waals surface area (Å²) >= 11 is 1.68. The minimum absolute atomic E-state index is 0.0795. The summed E-state index contributed by atoms with van der Waals surface area (Å²) in [5.74, 6) is 7.01. The third-order valence-corrected chi connectivity index (χ3v) is 8.63. The number of para-hydroxylation sites is 1. The Kier molecular flexibility index (Phi) is 6.52. The molecule has 0 amide bonds. The molecule has 4 aromatic rings. The number of benzene rings is 2. The third-order valence-electron chi connectivity index (χ3n) is 7.60. The number of hydrogen-bond acceptors (Lipinski definition) is 4. The predicted octanol–water partition coefficient (Wildman–Crippen LogP) is 7.41. The molecule has 0 saturated heterocycles. The minimum atomic E-state index is -0.547. The Bertz CT molecular complexity index is 1590. The van der Waals surface area contributed by atoms with Crippen molar-refractivity contribution in [1.29, 1.82) is 0 Å². The highest BCUT2D eigenvalue weighted by molar-refractivity contribution is 7.12. The molecule has 2 atom stereocenters. The van der Waals surface area contributed by atoms with Gasteiger partial charge in [0.2, 0.25) is 0 Å². The highest BCUT2D eigenvalue weighted by atomic mass is 32.1. The fraction of sp³-hybridized carbons (Fsp3) is 0.344. The van der Waals surface area contributed by atoms with Gasteiger partial charge in [0.25, 0.3) is 0 Å². The average Bonchev–Trinajstić information content (AvgIpc) is 3.49. The van der Waals surface area contributed by atoms with Crippen LogP contribution in [-0.2, 0) is 0 Å². The molecule has 3 N–H and O–H groups in total. The molecule has 5 heteroatoms. The number of thiophene rings is 1. The standard InChI is InChI=1S/C32H35N3OS/c1-8-33-21(5)30-22(14-15-37-30)12-13-24-26(25-11-9-10-23-19(3)17-34-29(23)25)16-18(2)28-27(24)20(4)31(36)32(6,7)35-28/h9-11,14-17,20,31,34-36H,8H2,1-7H3/b33-21+/t20-,31?/m0/s1. The smallest absolute Gasteiger partial charge is 0.0831 e. The number of aliphatic hydroxyl groups excluding tert-OH is 1. The maximum Gasteiger partial charge on any atom is 0.0831 e. The van der Waals surface area contributed by atoms with Crippen LogP contribution in [0.2, 0.25) is 0 Å². The second kappa shape index (κ2) is 9.52. The zero-order chi connectivity index (χ0) is 26.5. The molecule has 0 fully saturated rings. The molecule has 37 heavy (non-hydrogen) atoms. The normalized spacial score (nSPS) is 18.8. The lowest BCUT2D eigenvalue weighted by Crippen LogP contribution is -2.50. The van der Waals surface area contributed by atoms with Crippen LogP contribution in [0.4, 0.5) is 5.69 Å². The summed E-state index contributed by atoms with van der Waals surface area (Å²) in [5, 5.41) is 18.2. The van der Waals surface area contributed by atoms with Crippen LogP contribution in [0.3, 0.4) is 0 Å². The van der Waals surface area contributed by atoms with Crippen molar-refractivity contribution in [2.45, 2.75) is 66.0 Å². The van der Waals surface area contributed by atoms with Gasteiger partial charge in [0.05, 0.1) is 27.7 Å². The SMILES string of the molecule is CC/N=C(\C)c1sccc1C#Cc1c(-c2cccc3c(C)c[nH]c23)cc(C)c2c1[C@H](C)C(O)C(C)(C)N2. The summed E-state index contributed by atoms with van der Waals surface area (Å²) in [6.07, 6.45) is 1.52. The Balaban J connectivity index is 1.81. The van der Waals surface area contributed by atoms with Gasteiger partial charge in [-0.15, -0.1) is 11.3 Å². The number of H-pyrrole nitrogens is 1. The van der Waals surface area contributed by atoms with E-state index < -0.39 is 11.6 Å². The number of hydrogen-bond donors (Lipinski definition) is 3. The Labute approximate surface area is 223 Å². The van der Waals surface area contributed by atoms with E-state index in [-0.39, 0.29) is 5.92 Å². The molecule has 1 aliphatic rings. The molecule has 190 valence electrons. The van der Waals surface area contributed by atoms with Crippen LogP contribution in [0.15, 0.2) is 46.9 Å². The number of rotatable bonds is 3. The fourth-order valence-corrected chi connectivity index (χ4v) is 6.46. The Morgan fingerprint density at radius 2 is 1.92 bits per heavy atom. The summed E-state index contributed by atoms with van der Waals surface area (Å²) in [6, 6.07) is 10.8. The maximum absolute atomic E-state index is 11.3. The Morgan fingerprint density at radius 3 is 2.68 bits per heavy atom. The van der Waals surface area contributed by atoms with Crippen LogP contribution in [0.25, 0.3) is 22.0 Å². The van der Waals surface area contributed by atoms with Crippen molar-refractivity contribution < 1.29 is 5.11 Å². The van der Waals surface area contributed by atoms with Gasteiger partial charge in [-0.1, -0.05) is 37.0 Å². The number of aliphatic imine (C=N–C) groups is 1. The first-order chi connectivity index (χ1) is 17.6. The van der Waals surface area contributed by atoms with E-state index in [1.54, 1.807) is 11.3 Å². The largest absolute Gasteiger partial charge is 0.390 e. The summed E-state index contributed by atoms with van der Waals surface area (Å²) in [6.45, 7) is 15.4. The van der Waals surface area contributed by atoms with Crippen molar-refractivity contribution in [2.75, 3.05) is 11.9 Å². The van der Waals surface area contributed by atoms with Crippen molar-refractivity contribution in [2.24, 2.45) is 4.99 Å². The van der Waals surface area contributed by atoms with Crippen molar-refractivity contribution in [3.05, 3.63) is 74.6 Å². The second-order valence-electron chi connectivity index (χ2n) is 10.7. The van der Waals surface area contributed by atoms with Gasteiger partial charge in [0, 0.05) is 52.0 Å². The molecule has 2 aromatic carbocycles. The van der Waals surface area contributed by atoms with E-state index in [2.05, 4.69) is 118 Å². The maximum atomic E-state index is 11.3. The van der Waals surface area contributed by atoms with Crippen LogP contribution in [0.5, 0.6) is 0 Å². The summed E-state index contributed by atoms with van der Waals surface area (Å²) in [7, 11) is 0. The van der Waals surface area contributed by atoms with E-state index in [0.717, 1.165) is 61.7 Å². The van der Waals surface area contributed by atoms with Crippen LogP contribution in [0, 0.1) is 25.7 Å². The molecule has 0 radical (unpaired) electrons. The molecule has 2 aromatic heterocycles. The molecule has 1 unspecified atom stereocenters. The van der Waals surface area contributed by atoms with Crippen LogP contribution >= 0.6 is 11.3 Å². The summed E-state index contributed by atoms with van der Waals surface area (Å²) in [4.78, 5) is 9.23. The molecule has 0 spiro atoms. The van der Waals surface area contributed by atoms with Crippen molar-refractivity contribution in [1.82, 2.24) is 4.98 Å². The molecule has 1 aliphatic heterocycles. The Hall–Kier alpha value is -3.33. The van der Waals surface area contributed by atoms with Crippen molar-refractivity contribution in [3.8, 4) is 23.0 Å². The van der Waals surface area contributed by atoms with Crippen molar-refractivity contribution in [3.63, 3.8) is 0 Å². The molecular formula is C32H35N3OS. The lowest BCUT2D eigenvalue weighted by Gasteiger charge is -2.43. The van der Waals surface area contributed by atoms with Gasteiger partial charge in [0.15, 0.2) is 0 Å². The van der Waals surface area contributed by atoms with Crippen molar-refractivity contribution >= 4 is 33.6 Å². The Morgan fingerprint density at radius 1 is 1.14 bits per heavy atom. The van der Waals surface area contributed by atoms with Gasteiger partial charge in [-0.3, -0.25) is 4.99 Å². The third kappa shape index (κ3) is 4.29. The number of nitrogens with zero attached hydrogens (tertiary/aromatic N) is 1. The lowest BCUT2D eigenvalue weighted by molar-refractivity contribution is 0.0868. The molecule has 4 nitrogen and oxygen atoms in total. The zero-order valence-corrected chi connectivity index (χ0v) is 23.5. The van der Waals surface area contributed by atoms with E-state index in [4.69, 9.17) is 0 Å². The van der Waals surface area contributed by atoms with Gasteiger partial charge < -0.3 is 15.4 Å². The molecular weight excluding hydrogens is 474 g/mol. The predicted molar refractivity (Wildman–Crippen MR) is 158 cm³/mol. The van der Waals surface area contributed by atoms with Crippen LogP contribution in [0.1, 0.15) is 73.2 Å². The first kappa shape index (κ1) is 25.3. The molecule has 0 aliphatic carbocycles. The van der Waals surface area contributed by atoms with Gasteiger partial charge in [0.1, 0.15) is 0 Å². The lowest BCUT2D eigenvalue weighted by atomic mass is 9.75. The quantitative estimate of drug-likeness (QED) is 0.199. The van der Waals surface area contributed by atoms with Gasteiger partial charge in [-0.25, -0.2) is 0 Å². The fourth-order valence-electron chi connectivity index (χ4n) is 5.64. The number of aliphatic hydroxyl groups is 1. The topological polar surface area (TPSA) is 60.4 Å². The molecule has 0 saturated carbocycles. The molecule has 0 bridgehead atoms. The van der Waals surface area contributed by atoms with Crippen LogP contribution in [-0.4, -0.2) is 34.0 Å². The zero-order valence-electron chi connectivity index (χ0n) is 22.7. The molecule has 5 rings (SSSR count). The van der Waals surface area contributed by atoms with Crippen LogP contribution < -0.4 is 5.32 Å². The number of aryl methyl sites for hydroxylation is 2. The van der Waals surface area contributed by atoms with Gasteiger partial charge in [-0.2, -0.15) is 0 Å². The van der Waals surface area contributed by atoms with E-state index >= 15 is 0 Å². The van der Waals surface area contributed by atoms with E-state index in [1.807, 2.05) is 0 Å². The highest BCUT2D eigenvalue weighted by Gasteiger charge is 2.40. The first-order valence-corrected chi connectivity index (χ1v) is 13.8. The van der Waals surface area contributed by atoms with Gasteiger partial charge in [-0.05, 0) is 75.7 Å².